The van der Waals surface area contributed by atoms with Crippen LogP contribution in [0.25, 0.3) is 0 Å². The molecule has 0 aromatic heterocycles. The molecule has 4 nitrogen and oxygen atoms in total. The van der Waals surface area contributed by atoms with Gasteiger partial charge in [-0.2, -0.15) is 0 Å². The summed E-state index contributed by atoms with van der Waals surface area (Å²) in [6, 6.07) is 0. The van der Waals surface area contributed by atoms with Crippen LogP contribution >= 0.6 is 0 Å². The van der Waals surface area contributed by atoms with Gasteiger partial charge in [-0.3, -0.25) is 9.59 Å². The molecule has 0 aromatic carbocycles. The van der Waals surface area contributed by atoms with E-state index in [1.807, 2.05) is 6.92 Å². The van der Waals surface area contributed by atoms with Crippen LogP contribution in [0.15, 0.2) is 0 Å². The minimum Gasteiger partial charge on any atom is -0.481 e. The van der Waals surface area contributed by atoms with Gasteiger partial charge >= 0.3 is 12.4 Å². The summed E-state index contributed by atoms with van der Waals surface area (Å²) in [7, 11) is 1.63. The molecule has 12 heavy (non-hydrogen) atoms. The molecule has 0 fully saturated rings. The molecule has 69 valence electrons. The Balaban J connectivity index is 3.49. The summed E-state index contributed by atoms with van der Waals surface area (Å²) in [6.45, 7) is 2.42. The summed E-state index contributed by atoms with van der Waals surface area (Å²) >= 11 is 0. The zero-order valence-electron chi connectivity index (χ0n) is 7.41. The quantitative estimate of drug-likeness (QED) is 0.593. The van der Waals surface area contributed by atoms with Crippen molar-refractivity contribution >= 4 is 12.4 Å². The van der Waals surface area contributed by atoms with E-state index in [0.29, 0.717) is 13.0 Å². The van der Waals surface area contributed by atoms with Gasteiger partial charge in [-0.15, -0.1) is 0 Å². The number of hydrogen-bond donors (Lipinski definition) is 1. The molecule has 0 heterocycles. The van der Waals surface area contributed by atoms with Crippen molar-refractivity contribution in [1.29, 1.82) is 0 Å². The van der Waals surface area contributed by atoms with Crippen molar-refractivity contribution in [2.75, 3.05) is 13.6 Å². The molecule has 0 saturated heterocycles. The van der Waals surface area contributed by atoms with Gasteiger partial charge in [0.1, 0.15) is 0 Å². The van der Waals surface area contributed by atoms with Gasteiger partial charge in [-0.05, 0) is 12.3 Å². The maximum Gasteiger partial charge on any atom is 0.311 e. The Morgan fingerprint density at radius 1 is 1.67 bits per heavy atom. The first-order valence-electron chi connectivity index (χ1n) is 3.87. The number of carbonyl (C=O) groups excluding carboxylic acids is 1. The smallest absolute Gasteiger partial charge is 0.311 e. The largest absolute Gasteiger partial charge is 0.481 e. The lowest BCUT2D eigenvalue weighted by molar-refractivity contribution is -0.138. The van der Waals surface area contributed by atoms with E-state index in [2.05, 4.69) is 0 Å². The number of amides is 1. The number of carboxylic acids is 1. The van der Waals surface area contributed by atoms with Crippen LogP contribution in [0.2, 0.25) is 0 Å². The molecule has 4 heteroatoms. The maximum absolute atomic E-state index is 10.2. The molecule has 0 aromatic rings. The minimum absolute atomic E-state index is 0.110. The minimum atomic E-state index is -0.791. The summed E-state index contributed by atoms with van der Waals surface area (Å²) in [5.74, 6) is -0.682. The van der Waals surface area contributed by atoms with E-state index in [-0.39, 0.29) is 12.3 Å². The van der Waals surface area contributed by atoms with Gasteiger partial charge in [0.15, 0.2) is 0 Å². The zero-order valence-corrected chi connectivity index (χ0v) is 7.41. The van der Waals surface area contributed by atoms with E-state index < -0.39 is 5.97 Å². The highest BCUT2D eigenvalue weighted by molar-refractivity contribution is 5.66. The van der Waals surface area contributed by atoms with Gasteiger partial charge in [0.05, 0.1) is 0 Å². The van der Waals surface area contributed by atoms with Crippen LogP contribution in [0.4, 0.5) is 0 Å². The maximum atomic E-state index is 10.2. The first-order valence-corrected chi connectivity index (χ1v) is 3.87. The van der Waals surface area contributed by atoms with Crippen molar-refractivity contribution in [2.45, 2.75) is 19.8 Å². The van der Waals surface area contributed by atoms with Gasteiger partial charge in [0.25, 0.3) is 0 Å². The third kappa shape index (κ3) is 5.70. The fourth-order valence-corrected chi connectivity index (χ4v) is 0.860. The van der Waals surface area contributed by atoms with E-state index in [1.165, 1.54) is 4.90 Å². The second kappa shape index (κ2) is 5.57. The SMILES string of the molecule is CC(CCN(C)[C]=O)CC(=O)O. The van der Waals surface area contributed by atoms with Crippen LogP contribution in [0.3, 0.4) is 0 Å². The van der Waals surface area contributed by atoms with E-state index in [0.717, 1.165) is 0 Å². The first-order chi connectivity index (χ1) is 5.56. The molecule has 1 radical (unpaired) electrons. The molecule has 1 N–H and O–H groups in total. The predicted octanol–water partition coefficient (Wildman–Crippen LogP) is 0.486. The van der Waals surface area contributed by atoms with Crippen molar-refractivity contribution < 1.29 is 14.7 Å². The van der Waals surface area contributed by atoms with Crippen LogP contribution < -0.4 is 0 Å². The summed E-state index contributed by atoms with van der Waals surface area (Å²) in [4.78, 5) is 21.6. The number of hydrogen-bond acceptors (Lipinski definition) is 2. The molecule has 0 rings (SSSR count). The van der Waals surface area contributed by atoms with E-state index in [9.17, 15) is 9.59 Å². The van der Waals surface area contributed by atoms with Crippen molar-refractivity contribution in [3.63, 3.8) is 0 Å². The number of nitrogens with zero attached hydrogens (tertiary/aromatic N) is 1. The van der Waals surface area contributed by atoms with Gasteiger partial charge in [-0.25, -0.2) is 0 Å². The second-order valence-corrected chi connectivity index (χ2v) is 3.00. The van der Waals surface area contributed by atoms with E-state index in [1.54, 1.807) is 13.5 Å². The molecule has 0 saturated carbocycles. The predicted molar refractivity (Wildman–Crippen MR) is 44.4 cm³/mol. The molecule has 0 aliphatic carbocycles. The average molecular weight is 172 g/mol. The van der Waals surface area contributed by atoms with Gasteiger partial charge in [-0.1, -0.05) is 6.92 Å². The van der Waals surface area contributed by atoms with Crippen LogP contribution in [0, 0.1) is 5.92 Å². The number of carboxylic acid groups (broad SMARTS) is 1. The molecule has 0 spiro atoms. The number of aliphatic carboxylic acids is 1. The Kier molecular flexibility index (Phi) is 5.08. The molecule has 1 amide bonds. The van der Waals surface area contributed by atoms with Crippen LogP contribution in [0.1, 0.15) is 19.8 Å². The summed E-state index contributed by atoms with van der Waals surface area (Å²) in [5, 5.41) is 8.42. The lowest BCUT2D eigenvalue weighted by Crippen LogP contribution is -2.19. The second-order valence-electron chi connectivity index (χ2n) is 3.00. The fraction of sp³-hybridized carbons (Fsp3) is 0.750. The van der Waals surface area contributed by atoms with Gasteiger partial charge < -0.3 is 10.0 Å². The molecular weight excluding hydrogens is 158 g/mol. The lowest BCUT2D eigenvalue weighted by atomic mass is 10.0. The van der Waals surface area contributed by atoms with Gasteiger partial charge in [0, 0.05) is 20.0 Å². The van der Waals surface area contributed by atoms with E-state index >= 15 is 0 Å². The summed E-state index contributed by atoms with van der Waals surface area (Å²) < 4.78 is 0. The van der Waals surface area contributed by atoms with Crippen LogP contribution in [-0.2, 0) is 9.59 Å². The summed E-state index contributed by atoms with van der Waals surface area (Å²) in [6.07, 6.45) is 2.58. The highest BCUT2D eigenvalue weighted by Gasteiger charge is 2.07. The van der Waals surface area contributed by atoms with Crippen molar-refractivity contribution in [1.82, 2.24) is 4.90 Å². The zero-order chi connectivity index (χ0) is 9.56. The highest BCUT2D eigenvalue weighted by Crippen LogP contribution is 2.06. The third-order valence-electron chi connectivity index (χ3n) is 1.64. The molecular formula is C8H14NO3. The Labute approximate surface area is 72.2 Å². The molecule has 0 aliphatic heterocycles. The Morgan fingerprint density at radius 2 is 2.25 bits per heavy atom. The summed E-state index contributed by atoms with van der Waals surface area (Å²) in [5.41, 5.74) is 0. The standard InChI is InChI=1S/C8H14NO3/c1-7(5-8(11)12)3-4-9(2)6-10/h7H,3-5H2,1-2H3,(H,11,12). The van der Waals surface area contributed by atoms with Crippen molar-refractivity contribution in [3.05, 3.63) is 0 Å². The Hall–Kier alpha value is -1.06. The lowest BCUT2D eigenvalue weighted by Gasteiger charge is -2.12. The third-order valence-corrected chi connectivity index (χ3v) is 1.64. The molecule has 1 unspecified atom stereocenters. The fourth-order valence-electron chi connectivity index (χ4n) is 0.860. The topological polar surface area (TPSA) is 57.6 Å². The number of rotatable bonds is 6. The van der Waals surface area contributed by atoms with E-state index in [4.69, 9.17) is 5.11 Å². The number of carbonyl (C=O) groups is 1. The normalized spacial score (nSPS) is 12.2. The highest BCUT2D eigenvalue weighted by atomic mass is 16.4. The molecule has 0 aliphatic rings. The van der Waals surface area contributed by atoms with Crippen LogP contribution in [0.5, 0.6) is 0 Å². The van der Waals surface area contributed by atoms with Gasteiger partial charge in [0.2, 0.25) is 0 Å². The monoisotopic (exact) mass is 172 g/mol. The molecule has 1 atom stereocenters. The molecule has 0 bridgehead atoms. The van der Waals surface area contributed by atoms with Crippen LogP contribution in [-0.4, -0.2) is 36.0 Å². The Morgan fingerprint density at radius 3 is 2.67 bits per heavy atom. The Bertz CT molecular complexity index is 158. The first kappa shape index (κ1) is 10.9. The average Bonchev–Trinajstić information content (AvgIpc) is 1.99. The van der Waals surface area contributed by atoms with Crippen molar-refractivity contribution in [2.24, 2.45) is 5.92 Å². The van der Waals surface area contributed by atoms with Crippen molar-refractivity contribution in [3.8, 4) is 0 Å².